The summed E-state index contributed by atoms with van der Waals surface area (Å²) < 4.78 is 11.4. The lowest BCUT2D eigenvalue weighted by molar-refractivity contribution is -0.133. The van der Waals surface area contributed by atoms with Gasteiger partial charge in [-0.1, -0.05) is 24.3 Å². The maximum Gasteiger partial charge on any atom is 0.335 e. The smallest absolute Gasteiger partial charge is 0.335 e. The van der Waals surface area contributed by atoms with Crippen molar-refractivity contribution < 1.29 is 24.2 Å². The number of benzene rings is 2. The lowest BCUT2D eigenvalue weighted by atomic mass is 10.1. The molecule has 6 heteroatoms. The third-order valence-corrected chi connectivity index (χ3v) is 3.74. The maximum atomic E-state index is 12.4. The Morgan fingerprint density at radius 2 is 1.79 bits per heavy atom. The minimum absolute atomic E-state index is 0.182. The van der Waals surface area contributed by atoms with Crippen molar-refractivity contribution in [1.29, 1.82) is 0 Å². The van der Waals surface area contributed by atoms with Crippen molar-refractivity contribution in [2.45, 2.75) is 25.7 Å². The molecule has 0 bridgehead atoms. The zero-order valence-corrected chi connectivity index (χ0v) is 13.1. The van der Waals surface area contributed by atoms with Gasteiger partial charge in [0.25, 0.3) is 5.91 Å². The van der Waals surface area contributed by atoms with E-state index in [-0.39, 0.29) is 18.0 Å². The monoisotopic (exact) mass is 327 g/mol. The SMILES string of the molecule is C[C@H]1Oc2ccccc2O[C@@H]1C(=O)NCc1cccc(C(=O)O)c1. The molecule has 24 heavy (non-hydrogen) atoms. The number of carbonyl (C=O) groups is 2. The van der Waals surface area contributed by atoms with Crippen LogP contribution in [0.2, 0.25) is 0 Å². The molecular formula is C18H17NO5. The van der Waals surface area contributed by atoms with Crippen molar-refractivity contribution in [3.05, 3.63) is 59.7 Å². The Morgan fingerprint density at radius 3 is 2.50 bits per heavy atom. The lowest BCUT2D eigenvalue weighted by Gasteiger charge is -2.31. The van der Waals surface area contributed by atoms with Crippen LogP contribution in [0, 0.1) is 0 Å². The molecule has 2 aromatic rings. The van der Waals surface area contributed by atoms with Gasteiger partial charge in [0.05, 0.1) is 5.56 Å². The standard InChI is InChI=1S/C18H17NO5/c1-11-16(24-15-8-3-2-7-14(15)23-11)17(20)19-10-12-5-4-6-13(9-12)18(21)22/h2-9,11,16H,10H2,1H3,(H,19,20)(H,21,22)/t11-,16+/m1/s1. The van der Waals surface area contributed by atoms with Gasteiger partial charge in [0.15, 0.2) is 11.5 Å². The number of fused-ring (bicyclic) bond motifs is 1. The van der Waals surface area contributed by atoms with E-state index in [0.717, 1.165) is 0 Å². The Kier molecular flexibility index (Phi) is 4.37. The van der Waals surface area contributed by atoms with Gasteiger partial charge in [0.1, 0.15) is 6.10 Å². The molecule has 0 aromatic heterocycles. The van der Waals surface area contributed by atoms with Crippen molar-refractivity contribution in [2.24, 2.45) is 0 Å². The first-order chi connectivity index (χ1) is 11.5. The molecule has 0 aliphatic carbocycles. The predicted octanol–water partition coefficient (Wildman–Crippen LogP) is 2.23. The van der Waals surface area contributed by atoms with E-state index in [9.17, 15) is 9.59 Å². The minimum Gasteiger partial charge on any atom is -0.482 e. The van der Waals surface area contributed by atoms with Gasteiger partial charge in [-0.3, -0.25) is 4.79 Å². The van der Waals surface area contributed by atoms with Crippen LogP contribution in [0.15, 0.2) is 48.5 Å². The largest absolute Gasteiger partial charge is 0.482 e. The fourth-order valence-corrected chi connectivity index (χ4v) is 2.51. The number of carboxylic acids is 1. The first-order valence-corrected chi connectivity index (χ1v) is 7.57. The van der Waals surface area contributed by atoms with E-state index < -0.39 is 18.2 Å². The van der Waals surface area contributed by atoms with Crippen LogP contribution in [-0.4, -0.2) is 29.2 Å². The van der Waals surface area contributed by atoms with Gasteiger partial charge in [-0.2, -0.15) is 0 Å². The molecule has 0 unspecified atom stereocenters. The van der Waals surface area contributed by atoms with Crippen LogP contribution in [-0.2, 0) is 11.3 Å². The van der Waals surface area contributed by atoms with E-state index in [1.807, 2.05) is 12.1 Å². The maximum absolute atomic E-state index is 12.4. The summed E-state index contributed by atoms with van der Waals surface area (Å²) in [4.78, 5) is 23.4. The number of hydrogen-bond donors (Lipinski definition) is 2. The van der Waals surface area contributed by atoms with Crippen LogP contribution in [0.3, 0.4) is 0 Å². The summed E-state index contributed by atoms with van der Waals surface area (Å²) in [5.74, 6) is -0.165. The van der Waals surface area contributed by atoms with E-state index in [1.54, 1.807) is 31.2 Å². The highest BCUT2D eigenvalue weighted by molar-refractivity contribution is 5.87. The summed E-state index contributed by atoms with van der Waals surface area (Å²) in [7, 11) is 0. The number of para-hydroxylation sites is 2. The Balaban J connectivity index is 1.65. The fourth-order valence-electron chi connectivity index (χ4n) is 2.51. The van der Waals surface area contributed by atoms with E-state index in [1.165, 1.54) is 12.1 Å². The van der Waals surface area contributed by atoms with Crippen molar-refractivity contribution in [3.63, 3.8) is 0 Å². The zero-order chi connectivity index (χ0) is 17.1. The molecule has 1 heterocycles. The molecule has 0 spiro atoms. The third kappa shape index (κ3) is 3.32. The van der Waals surface area contributed by atoms with Gasteiger partial charge >= 0.3 is 5.97 Å². The van der Waals surface area contributed by atoms with E-state index in [0.29, 0.717) is 17.1 Å². The van der Waals surface area contributed by atoms with Crippen molar-refractivity contribution >= 4 is 11.9 Å². The fraction of sp³-hybridized carbons (Fsp3) is 0.222. The van der Waals surface area contributed by atoms with Gasteiger partial charge in [-0.05, 0) is 36.8 Å². The number of nitrogens with one attached hydrogen (secondary N) is 1. The van der Waals surface area contributed by atoms with E-state index in [2.05, 4.69) is 5.32 Å². The molecular weight excluding hydrogens is 310 g/mol. The summed E-state index contributed by atoms with van der Waals surface area (Å²) in [5, 5.41) is 11.8. The van der Waals surface area contributed by atoms with Crippen LogP contribution in [0.1, 0.15) is 22.8 Å². The highest BCUT2D eigenvalue weighted by Gasteiger charge is 2.33. The molecule has 124 valence electrons. The molecule has 1 aliphatic rings. The second kappa shape index (κ2) is 6.62. The zero-order valence-electron chi connectivity index (χ0n) is 13.1. The summed E-state index contributed by atoms with van der Waals surface area (Å²) in [6.07, 6.45) is -1.19. The van der Waals surface area contributed by atoms with Gasteiger partial charge in [-0.25, -0.2) is 4.79 Å². The summed E-state index contributed by atoms with van der Waals surface area (Å²) in [6.45, 7) is 1.99. The van der Waals surface area contributed by atoms with Crippen LogP contribution in [0.4, 0.5) is 0 Å². The Bertz CT molecular complexity index is 774. The second-order valence-corrected chi connectivity index (χ2v) is 5.53. The molecule has 0 radical (unpaired) electrons. The van der Waals surface area contributed by atoms with Crippen molar-refractivity contribution in [1.82, 2.24) is 5.32 Å². The quantitative estimate of drug-likeness (QED) is 0.899. The number of hydrogen-bond acceptors (Lipinski definition) is 4. The average Bonchev–Trinajstić information content (AvgIpc) is 2.59. The summed E-state index contributed by atoms with van der Waals surface area (Å²) in [6, 6.07) is 13.6. The lowest BCUT2D eigenvalue weighted by Crippen LogP contribution is -2.48. The highest BCUT2D eigenvalue weighted by Crippen LogP contribution is 2.33. The molecule has 1 amide bonds. The molecule has 6 nitrogen and oxygen atoms in total. The minimum atomic E-state index is -1.00. The third-order valence-electron chi connectivity index (χ3n) is 3.74. The molecule has 0 saturated carbocycles. The van der Waals surface area contributed by atoms with Crippen LogP contribution in [0.25, 0.3) is 0 Å². The van der Waals surface area contributed by atoms with Crippen LogP contribution in [0.5, 0.6) is 11.5 Å². The molecule has 2 N–H and O–H groups in total. The molecule has 0 saturated heterocycles. The van der Waals surface area contributed by atoms with Gasteiger partial charge < -0.3 is 19.9 Å². The highest BCUT2D eigenvalue weighted by atomic mass is 16.6. The van der Waals surface area contributed by atoms with Crippen molar-refractivity contribution in [3.8, 4) is 11.5 Å². The summed E-state index contributed by atoms with van der Waals surface area (Å²) in [5.41, 5.74) is 0.884. The first kappa shape index (κ1) is 15.9. The molecule has 2 atom stereocenters. The topological polar surface area (TPSA) is 84.9 Å². The normalized spacial score (nSPS) is 18.7. The second-order valence-electron chi connectivity index (χ2n) is 5.53. The number of carboxylic acid groups (broad SMARTS) is 1. The molecule has 3 rings (SSSR count). The Morgan fingerprint density at radius 1 is 1.08 bits per heavy atom. The van der Waals surface area contributed by atoms with E-state index in [4.69, 9.17) is 14.6 Å². The Labute approximate surface area is 139 Å². The van der Waals surface area contributed by atoms with Crippen LogP contribution >= 0.6 is 0 Å². The summed E-state index contributed by atoms with van der Waals surface area (Å²) >= 11 is 0. The first-order valence-electron chi connectivity index (χ1n) is 7.57. The van der Waals surface area contributed by atoms with Crippen LogP contribution < -0.4 is 14.8 Å². The molecule has 1 aliphatic heterocycles. The Hall–Kier alpha value is -3.02. The number of ether oxygens (including phenoxy) is 2. The van der Waals surface area contributed by atoms with Gasteiger partial charge in [0, 0.05) is 6.54 Å². The molecule has 0 fully saturated rings. The van der Waals surface area contributed by atoms with E-state index >= 15 is 0 Å². The number of rotatable bonds is 4. The average molecular weight is 327 g/mol. The van der Waals surface area contributed by atoms with Crippen molar-refractivity contribution in [2.75, 3.05) is 0 Å². The van der Waals surface area contributed by atoms with Gasteiger partial charge in [-0.15, -0.1) is 0 Å². The predicted molar refractivity (Wildman–Crippen MR) is 86.2 cm³/mol. The number of aromatic carboxylic acids is 1. The van der Waals surface area contributed by atoms with Gasteiger partial charge in [0.2, 0.25) is 6.10 Å². The number of amides is 1. The molecule has 2 aromatic carbocycles. The number of carbonyl (C=O) groups excluding carboxylic acids is 1.